The lowest BCUT2D eigenvalue weighted by Gasteiger charge is -2.28. The fourth-order valence-electron chi connectivity index (χ4n) is 3.89. The van der Waals surface area contributed by atoms with Crippen molar-refractivity contribution >= 4 is 11.5 Å². The Balaban J connectivity index is 1.55. The molecule has 0 bridgehead atoms. The number of nitrogens with zero attached hydrogens (tertiary/aromatic N) is 2. The molecule has 2 atom stereocenters. The van der Waals surface area contributed by atoms with Gasteiger partial charge in [0.2, 0.25) is 0 Å². The Kier molecular flexibility index (Phi) is 4.55. The predicted octanol–water partition coefficient (Wildman–Crippen LogP) is 3.64. The number of benzene rings is 1. The second-order valence-electron chi connectivity index (χ2n) is 7.08. The molecule has 0 spiro atoms. The van der Waals surface area contributed by atoms with Gasteiger partial charge in [-0.3, -0.25) is 9.89 Å². The quantitative estimate of drug-likeness (QED) is 0.874. The molecule has 1 amide bonds. The van der Waals surface area contributed by atoms with Gasteiger partial charge in [0.15, 0.2) is 5.69 Å². The maximum absolute atomic E-state index is 14.0. The summed E-state index contributed by atoms with van der Waals surface area (Å²) in [6.45, 7) is 4.59. The number of hydrogen-bond acceptors (Lipinski definition) is 3. The van der Waals surface area contributed by atoms with Gasteiger partial charge < -0.3 is 9.64 Å². The van der Waals surface area contributed by atoms with E-state index in [9.17, 15) is 13.6 Å². The smallest absolute Gasteiger partial charge is 0.274 e. The van der Waals surface area contributed by atoms with E-state index in [4.69, 9.17) is 4.74 Å². The van der Waals surface area contributed by atoms with Gasteiger partial charge in [0.25, 0.3) is 5.91 Å². The highest BCUT2D eigenvalue weighted by Gasteiger charge is 2.32. The molecule has 2 aliphatic heterocycles. The third-order valence-electron chi connectivity index (χ3n) is 5.22. The maximum Gasteiger partial charge on any atom is 0.274 e. The number of halogens is 2. The number of rotatable bonds is 2. The van der Waals surface area contributed by atoms with Crippen LogP contribution in [0, 0.1) is 11.6 Å². The number of aromatic nitrogens is 2. The molecule has 4 rings (SSSR count). The van der Waals surface area contributed by atoms with Crippen LogP contribution in [-0.2, 0) is 11.2 Å². The molecule has 1 aromatic heterocycles. The van der Waals surface area contributed by atoms with Crippen molar-refractivity contribution in [1.82, 2.24) is 15.1 Å². The topological polar surface area (TPSA) is 58.2 Å². The third kappa shape index (κ3) is 3.16. The Labute approximate surface area is 156 Å². The molecule has 2 aromatic rings. The van der Waals surface area contributed by atoms with Crippen LogP contribution in [0.1, 0.15) is 53.7 Å². The predicted molar refractivity (Wildman–Crippen MR) is 96.1 cm³/mol. The van der Waals surface area contributed by atoms with Crippen LogP contribution >= 0.6 is 0 Å². The first-order chi connectivity index (χ1) is 13.0. The second kappa shape index (κ2) is 6.88. The molecule has 0 fully saturated rings. The first-order valence-electron chi connectivity index (χ1n) is 9.11. The fraction of sp³-hybridized carbons (Fsp3) is 0.400. The van der Waals surface area contributed by atoms with E-state index >= 15 is 0 Å². The Morgan fingerprint density at radius 2 is 2.04 bits per heavy atom. The van der Waals surface area contributed by atoms with Gasteiger partial charge in [0.05, 0.1) is 17.9 Å². The number of fused-ring (bicyclic) bond motifs is 1. The van der Waals surface area contributed by atoms with Crippen LogP contribution in [0.15, 0.2) is 24.3 Å². The van der Waals surface area contributed by atoms with Crippen molar-refractivity contribution in [2.24, 2.45) is 0 Å². The Bertz CT molecular complexity index is 902. The number of hydrogen-bond donors (Lipinski definition) is 1. The van der Waals surface area contributed by atoms with Crippen molar-refractivity contribution in [3.8, 4) is 0 Å². The minimum Gasteiger partial charge on any atom is -0.369 e. The molecule has 7 heteroatoms. The number of H-pyrrole nitrogens is 1. The summed E-state index contributed by atoms with van der Waals surface area (Å²) in [6.07, 6.45) is 2.64. The van der Waals surface area contributed by atoms with Gasteiger partial charge in [-0.1, -0.05) is 12.1 Å². The molecular weight excluding hydrogens is 352 g/mol. The van der Waals surface area contributed by atoms with E-state index in [2.05, 4.69) is 10.2 Å². The number of ether oxygens (including phenoxy) is 1. The summed E-state index contributed by atoms with van der Waals surface area (Å²) in [4.78, 5) is 14.6. The number of carbonyl (C=O) groups is 1. The molecule has 2 aliphatic rings. The molecule has 142 valence electrons. The Morgan fingerprint density at radius 1 is 1.30 bits per heavy atom. The molecule has 0 radical (unpaired) electrons. The highest BCUT2D eigenvalue weighted by molar-refractivity contribution is 5.94. The summed E-state index contributed by atoms with van der Waals surface area (Å²) in [5.74, 6) is -1.33. The highest BCUT2D eigenvalue weighted by Crippen LogP contribution is 2.32. The summed E-state index contributed by atoms with van der Waals surface area (Å²) in [7, 11) is 0. The van der Waals surface area contributed by atoms with E-state index in [0.29, 0.717) is 37.2 Å². The van der Waals surface area contributed by atoms with E-state index in [1.54, 1.807) is 11.0 Å². The van der Waals surface area contributed by atoms with Gasteiger partial charge in [-0.25, -0.2) is 8.78 Å². The molecule has 0 saturated heterocycles. The van der Waals surface area contributed by atoms with E-state index in [1.807, 2.05) is 13.8 Å². The van der Waals surface area contributed by atoms with Crippen LogP contribution in [-0.4, -0.2) is 40.2 Å². The molecule has 3 heterocycles. The lowest BCUT2D eigenvalue weighted by atomic mass is 9.97. The fourth-order valence-corrected chi connectivity index (χ4v) is 3.89. The van der Waals surface area contributed by atoms with Gasteiger partial charge in [0.1, 0.15) is 11.6 Å². The van der Waals surface area contributed by atoms with Gasteiger partial charge >= 0.3 is 0 Å². The minimum absolute atomic E-state index is 0.00143. The lowest BCUT2D eigenvalue weighted by Crippen LogP contribution is -2.36. The van der Waals surface area contributed by atoms with E-state index in [0.717, 1.165) is 11.3 Å². The maximum atomic E-state index is 14.0. The van der Waals surface area contributed by atoms with Crippen LogP contribution in [0.25, 0.3) is 5.57 Å². The zero-order valence-corrected chi connectivity index (χ0v) is 15.3. The summed E-state index contributed by atoms with van der Waals surface area (Å²) in [6, 6.07) is 3.84. The Hall–Kier alpha value is -2.54. The highest BCUT2D eigenvalue weighted by atomic mass is 19.1. The summed E-state index contributed by atoms with van der Waals surface area (Å²) in [5.41, 5.74) is 2.76. The van der Waals surface area contributed by atoms with Crippen molar-refractivity contribution in [3.05, 3.63) is 58.4 Å². The van der Waals surface area contributed by atoms with E-state index in [1.165, 1.54) is 18.2 Å². The first kappa shape index (κ1) is 17.9. The van der Waals surface area contributed by atoms with Crippen LogP contribution in [0.4, 0.5) is 8.78 Å². The first-order valence-corrected chi connectivity index (χ1v) is 9.11. The molecule has 5 nitrogen and oxygen atoms in total. The van der Waals surface area contributed by atoms with Crippen LogP contribution in [0.5, 0.6) is 0 Å². The van der Waals surface area contributed by atoms with Gasteiger partial charge in [-0.15, -0.1) is 0 Å². The second-order valence-corrected chi connectivity index (χ2v) is 7.08. The number of aromatic amines is 1. The van der Waals surface area contributed by atoms with Crippen LogP contribution < -0.4 is 0 Å². The summed E-state index contributed by atoms with van der Waals surface area (Å²) >= 11 is 0. The van der Waals surface area contributed by atoms with Gasteiger partial charge in [-0.05, 0) is 38.0 Å². The molecule has 0 saturated carbocycles. The van der Waals surface area contributed by atoms with Crippen LogP contribution in [0.2, 0.25) is 0 Å². The van der Waals surface area contributed by atoms with Crippen molar-refractivity contribution in [1.29, 1.82) is 0 Å². The summed E-state index contributed by atoms with van der Waals surface area (Å²) in [5, 5.41) is 7.16. The SMILES string of the molecule is C[C@@H]1Cc2c(C(=O)N3CC=C(c4c(F)cccc4F)CC3)n[nH]c2[C@H](C)O1. The monoisotopic (exact) mass is 373 g/mol. The number of carbonyl (C=O) groups excluding carboxylic acids is 1. The largest absolute Gasteiger partial charge is 0.369 e. The Morgan fingerprint density at radius 3 is 2.70 bits per heavy atom. The van der Waals surface area contributed by atoms with Crippen molar-refractivity contribution < 1.29 is 18.3 Å². The molecule has 1 N–H and O–H groups in total. The molecule has 0 aliphatic carbocycles. The molecule has 1 aromatic carbocycles. The van der Waals surface area contributed by atoms with E-state index < -0.39 is 11.6 Å². The number of amides is 1. The number of nitrogens with one attached hydrogen (secondary N) is 1. The molecule has 27 heavy (non-hydrogen) atoms. The molecular formula is C20H21F2N3O2. The standard InChI is InChI=1S/C20H21F2N3O2/c1-11-10-14-18(12(2)27-11)23-24-19(14)20(26)25-8-6-13(7-9-25)17-15(21)4-3-5-16(17)22/h3-6,11-12H,7-10H2,1-2H3,(H,23,24)/t11-,12+/m1/s1. The van der Waals surface area contributed by atoms with Crippen molar-refractivity contribution in [3.63, 3.8) is 0 Å². The molecule has 0 unspecified atom stereocenters. The normalized spacial score (nSPS) is 22.4. The average Bonchev–Trinajstić information content (AvgIpc) is 3.05. The lowest BCUT2D eigenvalue weighted by molar-refractivity contribution is -0.00701. The van der Waals surface area contributed by atoms with Gasteiger partial charge in [0, 0.05) is 30.6 Å². The zero-order valence-electron chi connectivity index (χ0n) is 15.3. The van der Waals surface area contributed by atoms with Crippen molar-refractivity contribution in [2.75, 3.05) is 13.1 Å². The van der Waals surface area contributed by atoms with Gasteiger partial charge in [-0.2, -0.15) is 5.10 Å². The van der Waals surface area contributed by atoms with E-state index in [-0.39, 0.29) is 23.7 Å². The third-order valence-corrected chi connectivity index (χ3v) is 5.22. The average molecular weight is 373 g/mol. The van der Waals surface area contributed by atoms with Crippen molar-refractivity contribution in [2.45, 2.75) is 38.9 Å². The zero-order chi connectivity index (χ0) is 19.1. The minimum atomic E-state index is -0.578. The van der Waals surface area contributed by atoms with Crippen LogP contribution in [0.3, 0.4) is 0 Å². The summed E-state index contributed by atoms with van der Waals surface area (Å²) < 4.78 is 33.7.